The minimum atomic E-state index is 0.274. The molecular weight excluding hydrogens is 172 g/mol. The molecule has 0 aromatic heterocycles. The molecule has 0 heterocycles. The normalized spacial score (nSPS) is 11.4. The Kier molecular flexibility index (Phi) is 10.7. The van der Waals surface area contributed by atoms with Gasteiger partial charge in [-0.2, -0.15) is 0 Å². The van der Waals surface area contributed by atoms with Crippen molar-refractivity contribution < 1.29 is 5.11 Å². The fourth-order valence-electron chi connectivity index (χ4n) is 0.857. The van der Waals surface area contributed by atoms with E-state index in [0.717, 1.165) is 11.1 Å². The summed E-state index contributed by atoms with van der Waals surface area (Å²) in [6.07, 6.45) is 5.78. The second-order valence-corrected chi connectivity index (χ2v) is 2.75. The fraction of sp³-hybridized carbons (Fsp3) is 0.385. The Balaban J connectivity index is 0. The first-order valence-electron chi connectivity index (χ1n) is 4.93. The van der Waals surface area contributed by atoms with Gasteiger partial charge in [-0.3, -0.25) is 0 Å². The van der Waals surface area contributed by atoms with Crippen LogP contribution in [0, 0.1) is 0 Å². The number of aliphatic hydroxyl groups is 1. The molecule has 0 aromatic carbocycles. The van der Waals surface area contributed by atoms with Crippen molar-refractivity contribution in [1.29, 1.82) is 0 Å². The summed E-state index contributed by atoms with van der Waals surface area (Å²) in [6, 6.07) is 0. The Labute approximate surface area is 88.2 Å². The van der Waals surface area contributed by atoms with Gasteiger partial charge in [-0.05, 0) is 31.9 Å². The summed E-state index contributed by atoms with van der Waals surface area (Å²) in [5.74, 6) is 0.274. The molecule has 0 saturated carbocycles. The summed E-state index contributed by atoms with van der Waals surface area (Å²) >= 11 is 0. The summed E-state index contributed by atoms with van der Waals surface area (Å²) in [4.78, 5) is 0. The molecule has 0 aliphatic carbocycles. The highest BCUT2D eigenvalue weighted by atomic mass is 16.3. The van der Waals surface area contributed by atoms with Crippen LogP contribution in [0.2, 0.25) is 0 Å². The van der Waals surface area contributed by atoms with E-state index in [4.69, 9.17) is 0 Å². The highest BCUT2D eigenvalue weighted by molar-refractivity contribution is 5.30. The number of rotatable bonds is 4. The van der Waals surface area contributed by atoms with Gasteiger partial charge in [0.15, 0.2) is 0 Å². The summed E-state index contributed by atoms with van der Waals surface area (Å²) in [5.41, 5.74) is 1.83. The van der Waals surface area contributed by atoms with Gasteiger partial charge in [-0.25, -0.2) is 0 Å². The van der Waals surface area contributed by atoms with Crippen molar-refractivity contribution in [3.63, 3.8) is 0 Å². The van der Waals surface area contributed by atoms with Crippen molar-refractivity contribution >= 4 is 0 Å². The summed E-state index contributed by atoms with van der Waals surface area (Å²) in [6.45, 7) is 15.2. The van der Waals surface area contributed by atoms with Gasteiger partial charge in [0.05, 0.1) is 0 Å². The standard InChI is InChI=1S/C11H16O.C2H6/c1-5-7-11(12)10(6-2)8-9(3)4;1-2/h5-7,12H,2-3,8H2,1,4H3;1-2H3/b7-5-,11-10-;. The van der Waals surface area contributed by atoms with E-state index in [1.54, 1.807) is 18.2 Å². The second-order valence-electron chi connectivity index (χ2n) is 2.75. The van der Waals surface area contributed by atoms with Gasteiger partial charge in [-0.1, -0.05) is 44.7 Å². The van der Waals surface area contributed by atoms with E-state index in [1.165, 1.54) is 0 Å². The maximum absolute atomic E-state index is 9.44. The van der Waals surface area contributed by atoms with Crippen molar-refractivity contribution in [2.24, 2.45) is 0 Å². The van der Waals surface area contributed by atoms with E-state index in [0.29, 0.717) is 6.42 Å². The predicted octanol–water partition coefficient (Wildman–Crippen LogP) is 4.55. The molecule has 1 N–H and O–H groups in total. The molecule has 0 unspecified atom stereocenters. The van der Waals surface area contributed by atoms with Crippen LogP contribution in [-0.2, 0) is 0 Å². The third-order valence-electron chi connectivity index (χ3n) is 1.39. The van der Waals surface area contributed by atoms with Crippen molar-refractivity contribution in [2.75, 3.05) is 0 Å². The van der Waals surface area contributed by atoms with Gasteiger partial charge in [0.1, 0.15) is 5.76 Å². The average molecular weight is 194 g/mol. The van der Waals surface area contributed by atoms with E-state index in [1.807, 2.05) is 27.7 Å². The van der Waals surface area contributed by atoms with E-state index < -0.39 is 0 Å². The van der Waals surface area contributed by atoms with Crippen molar-refractivity contribution in [1.82, 2.24) is 0 Å². The van der Waals surface area contributed by atoms with Crippen LogP contribution in [0.15, 0.2) is 48.3 Å². The molecule has 0 radical (unpaired) electrons. The monoisotopic (exact) mass is 194 g/mol. The zero-order chi connectivity index (χ0) is 11.6. The van der Waals surface area contributed by atoms with Gasteiger partial charge in [0.25, 0.3) is 0 Å². The molecule has 80 valence electrons. The summed E-state index contributed by atoms with van der Waals surface area (Å²) in [7, 11) is 0. The van der Waals surface area contributed by atoms with Gasteiger partial charge in [0.2, 0.25) is 0 Å². The first-order valence-corrected chi connectivity index (χ1v) is 4.93. The predicted molar refractivity (Wildman–Crippen MR) is 65.4 cm³/mol. The zero-order valence-electron chi connectivity index (χ0n) is 9.80. The lowest BCUT2D eigenvalue weighted by Gasteiger charge is -2.02. The Morgan fingerprint density at radius 2 is 1.86 bits per heavy atom. The molecular formula is C13H22O. The van der Waals surface area contributed by atoms with Crippen molar-refractivity contribution in [3.8, 4) is 0 Å². The Bertz CT molecular complexity index is 232. The maximum atomic E-state index is 9.44. The minimum Gasteiger partial charge on any atom is -0.508 e. The smallest absolute Gasteiger partial charge is 0.118 e. The van der Waals surface area contributed by atoms with Crippen LogP contribution in [0.3, 0.4) is 0 Å². The van der Waals surface area contributed by atoms with Crippen LogP contribution in [0.25, 0.3) is 0 Å². The molecule has 0 spiro atoms. The number of hydrogen-bond acceptors (Lipinski definition) is 1. The third kappa shape index (κ3) is 7.41. The van der Waals surface area contributed by atoms with Gasteiger partial charge < -0.3 is 5.11 Å². The Hall–Kier alpha value is -1.24. The molecule has 1 nitrogen and oxygen atoms in total. The first kappa shape index (κ1) is 15.2. The van der Waals surface area contributed by atoms with Crippen LogP contribution in [0.4, 0.5) is 0 Å². The first-order chi connectivity index (χ1) is 6.61. The molecule has 0 aliphatic heterocycles. The van der Waals surface area contributed by atoms with E-state index in [9.17, 15) is 5.11 Å². The second kappa shape index (κ2) is 9.85. The molecule has 0 atom stereocenters. The van der Waals surface area contributed by atoms with Crippen LogP contribution in [0.1, 0.15) is 34.1 Å². The molecule has 0 aromatic rings. The van der Waals surface area contributed by atoms with Gasteiger partial charge in [-0.15, -0.1) is 0 Å². The molecule has 0 aliphatic rings. The van der Waals surface area contributed by atoms with E-state index >= 15 is 0 Å². The summed E-state index contributed by atoms with van der Waals surface area (Å²) in [5, 5.41) is 9.44. The quantitative estimate of drug-likeness (QED) is 0.395. The van der Waals surface area contributed by atoms with Crippen LogP contribution < -0.4 is 0 Å². The lowest BCUT2D eigenvalue weighted by molar-refractivity contribution is 0.426. The Morgan fingerprint density at radius 3 is 2.14 bits per heavy atom. The van der Waals surface area contributed by atoms with Crippen LogP contribution in [0.5, 0.6) is 0 Å². The van der Waals surface area contributed by atoms with Crippen LogP contribution in [-0.4, -0.2) is 5.11 Å². The maximum Gasteiger partial charge on any atom is 0.118 e. The van der Waals surface area contributed by atoms with Gasteiger partial charge in [0, 0.05) is 0 Å². The molecule has 0 saturated heterocycles. The fourth-order valence-corrected chi connectivity index (χ4v) is 0.857. The average Bonchev–Trinajstić information content (AvgIpc) is 2.17. The van der Waals surface area contributed by atoms with Crippen molar-refractivity contribution in [2.45, 2.75) is 34.1 Å². The largest absolute Gasteiger partial charge is 0.508 e. The third-order valence-corrected chi connectivity index (χ3v) is 1.39. The zero-order valence-corrected chi connectivity index (χ0v) is 9.80. The summed E-state index contributed by atoms with van der Waals surface area (Å²) < 4.78 is 0. The van der Waals surface area contributed by atoms with Gasteiger partial charge >= 0.3 is 0 Å². The molecule has 1 heteroatoms. The molecule has 0 rings (SSSR count). The molecule has 0 amide bonds. The number of hydrogen-bond donors (Lipinski definition) is 1. The number of aliphatic hydroxyl groups excluding tert-OH is 1. The SMILES string of the molecule is C=C/C(CC(=C)C)=C(O)\C=C/C.CC. The number of allylic oxidation sites excluding steroid dienone is 5. The van der Waals surface area contributed by atoms with E-state index in [-0.39, 0.29) is 5.76 Å². The molecule has 0 bridgehead atoms. The Morgan fingerprint density at radius 1 is 1.36 bits per heavy atom. The van der Waals surface area contributed by atoms with Crippen molar-refractivity contribution in [3.05, 3.63) is 48.3 Å². The molecule has 14 heavy (non-hydrogen) atoms. The topological polar surface area (TPSA) is 20.2 Å². The van der Waals surface area contributed by atoms with Crippen LogP contribution >= 0.6 is 0 Å². The lowest BCUT2D eigenvalue weighted by Crippen LogP contribution is -1.86. The van der Waals surface area contributed by atoms with E-state index in [2.05, 4.69) is 13.2 Å². The highest BCUT2D eigenvalue weighted by Crippen LogP contribution is 2.13. The highest BCUT2D eigenvalue weighted by Gasteiger charge is 1.98. The minimum absolute atomic E-state index is 0.274. The molecule has 0 fully saturated rings. The lowest BCUT2D eigenvalue weighted by atomic mass is 10.1.